The van der Waals surface area contributed by atoms with Crippen molar-refractivity contribution in [3.8, 4) is 11.5 Å². The summed E-state index contributed by atoms with van der Waals surface area (Å²) in [6.07, 6.45) is 2.04. The van der Waals surface area contributed by atoms with E-state index in [9.17, 15) is 0 Å². The smallest absolute Gasteiger partial charge is 0.163 e. The summed E-state index contributed by atoms with van der Waals surface area (Å²) < 4.78 is 13.1. The zero-order valence-electron chi connectivity index (χ0n) is 14.3. The highest BCUT2D eigenvalue weighted by atomic mass is 16.5. The third-order valence-electron chi connectivity index (χ3n) is 3.86. The number of hydrogen-bond acceptors (Lipinski definition) is 4. The van der Waals surface area contributed by atoms with Crippen LogP contribution in [-0.4, -0.2) is 37.4 Å². The third kappa shape index (κ3) is 3.53. The molecule has 0 radical (unpaired) electrons. The number of aryl methyl sites for hydroxylation is 1. The van der Waals surface area contributed by atoms with E-state index in [2.05, 4.69) is 23.7 Å². The van der Waals surface area contributed by atoms with E-state index in [-0.39, 0.29) is 0 Å². The molecule has 122 valence electrons. The van der Waals surface area contributed by atoms with Crippen LogP contribution >= 0.6 is 0 Å². The molecule has 0 amide bonds. The van der Waals surface area contributed by atoms with Gasteiger partial charge in [-0.3, -0.25) is 0 Å². The van der Waals surface area contributed by atoms with Crippen molar-refractivity contribution < 1.29 is 9.47 Å². The van der Waals surface area contributed by atoms with E-state index in [1.807, 2.05) is 19.2 Å². The van der Waals surface area contributed by atoms with Gasteiger partial charge in [0.25, 0.3) is 0 Å². The maximum Gasteiger partial charge on any atom is 0.163 e. The zero-order valence-corrected chi connectivity index (χ0v) is 14.3. The molecule has 0 aliphatic carbocycles. The first kappa shape index (κ1) is 16.6. The van der Waals surface area contributed by atoms with Crippen LogP contribution in [0.4, 0.5) is 0 Å². The second-order valence-corrected chi connectivity index (χ2v) is 5.91. The lowest BCUT2D eigenvalue weighted by Crippen LogP contribution is -2.14. The molecule has 0 aliphatic rings. The highest BCUT2D eigenvalue weighted by molar-refractivity contribution is 5.80. The molecule has 0 fully saturated rings. The minimum absolute atomic E-state index is 0.662. The molecule has 1 aromatic heterocycles. The molecule has 2 rings (SSSR count). The fourth-order valence-corrected chi connectivity index (χ4v) is 2.57. The van der Waals surface area contributed by atoms with Crippen LogP contribution in [0.15, 0.2) is 12.1 Å². The lowest BCUT2D eigenvalue weighted by atomic mass is 10.1. The van der Waals surface area contributed by atoms with E-state index in [4.69, 9.17) is 14.5 Å². The second kappa shape index (κ2) is 7.49. The number of rotatable bonds is 8. The molecule has 0 atom stereocenters. The van der Waals surface area contributed by atoms with Crippen molar-refractivity contribution in [3.63, 3.8) is 0 Å². The largest absolute Gasteiger partial charge is 0.493 e. The summed E-state index contributed by atoms with van der Waals surface area (Å²) in [6.45, 7) is 6.38. The van der Waals surface area contributed by atoms with E-state index in [0.29, 0.717) is 5.92 Å². The number of nitrogens with one attached hydrogen (secondary N) is 1. The lowest BCUT2D eigenvalue weighted by molar-refractivity contribution is 0.355. The first-order chi connectivity index (χ1) is 10.6. The minimum Gasteiger partial charge on any atom is -0.493 e. The predicted molar refractivity (Wildman–Crippen MR) is 89.9 cm³/mol. The summed E-state index contributed by atoms with van der Waals surface area (Å²) in [5.41, 5.74) is 2.08. The van der Waals surface area contributed by atoms with Gasteiger partial charge in [-0.2, -0.15) is 0 Å². The van der Waals surface area contributed by atoms with Crippen molar-refractivity contribution >= 4 is 11.0 Å². The second-order valence-electron chi connectivity index (χ2n) is 5.91. The van der Waals surface area contributed by atoms with Crippen molar-refractivity contribution in [2.75, 3.05) is 27.8 Å². The van der Waals surface area contributed by atoms with Crippen LogP contribution in [0.2, 0.25) is 0 Å². The first-order valence-corrected chi connectivity index (χ1v) is 7.86. The van der Waals surface area contributed by atoms with Crippen molar-refractivity contribution in [1.82, 2.24) is 14.9 Å². The van der Waals surface area contributed by atoms with E-state index >= 15 is 0 Å². The Hall–Kier alpha value is -1.75. The van der Waals surface area contributed by atoms with Gasteiger partial charge in [0.1, 0.15) is 5.82 Å². The van der Waals surface area contributed by atoms with Crippen molar-refractivity contribution in [2.24, 2.45) is 5.92 Å². The Morgan fingerprint density at radius 1 is 1.18 bits per heavy atom. The van der Waals surface area contributed by atoms with Gasteiger partial charge in [0.05, 0.1) is 25.3 Å². The van der Waals surface area contributed by atoms with Gasteiger partial charge in [0.15, 0.2) is 11.5 Å². The first-order valence-electron chi connectivity index (χ1n) is 7.86. The highest BCUT2D eigenvalue weighted by Gasteiger charge is 2.15. The Kier molecular flexibility index (Phi) is 5.66. The standard InChI is InChI=1S/C17H27N3O2/c1-12(2)7-9-20-14-11-16(22-5)15(21-4)10-13(14)19-17(20)6-8-18-3/h10-12,18H,6-9H2,1-5H3. The number of ether oxygens (including phenoxy) is 2. The zero-order chi connectivity index (χ0) is 16.1. The van der Waals surface area contributed by atoms with Gasteiger partial charge in [-0.25, -0.2) is 4.98 Å². The fourth-order valence-electron chi connectivity index (χ4n) is 2.57. The van der Waals surface area contributed by atoms with E-state index in [1.165, 1.54) is 0 Å². The molecule has 2 aromatic rings. The SMILES string of the molecule is CNCCc1nc2cc(OC)c(OC)cc2n1CCC(C)C. The van der Waals surface area contributed by atoms with Crippen LogP contribution in [0.1, 0.15) is 26.1 Å². The molecular formula is C17H27N3O2. The highest BCUT2D eigenvalue weighted by Crippen LogP contribution is 2.32. The Morgan fingerprint density at radius 2 is 1.86 bits per heavy atom. The van der Waals surface area contributed by atoms with Gasteiger partial charge in [0, 0.05) is 31.6 Å². The maximum atomic E-state index is 5.44. The van der Waals surface area contributed by atoms with E-state index in [1.54, 1.807) is 14.2 Å². The summed E-state index contributed by atoms with van der Waals surface area (Å²) in [5, 5.41) is 3.20. The molecule has 0 saturated carbocycles. The van der Waals surface area contributed by atoms with Crippen LogP contribution in [0.3, 0.4) is 0 Å². The number of hydrogen-bond donors (Lipinski definition) is 1. The third-order valence-corrected chi connectivity index (χ3v) is 3.86. The molecule has 0 saturated heterocycles. The summed E-state index contributed by atoms with van der Waals surface area (Å²) in [4.78, 5) is 4.80. The van der Waals surface area contributed by atoms with Crippen LogP contribution in [0.5, 0.6) is 11.5 Å². The Bertz CT molecular complexity index is 620. The maximum absolute atomic E-state index is 5.44. The molecule has 1 N–H and O–H groups in total. The number of benzene rings is 1. The molecule has 22 heavy (non-hydrogen) atoms. The Morgan fingerprint density at radius 3 is 2.45 bits per heavy atom. The van der Waals surface area contributed by atoms with Gasteiger partial charge < -0.3 is 19.4 Å². The average molecular weight is 305 g/mol. The monoisotopic (exact) mass is 305 g/mol. The number of methoxy groups -OCH3 is 2. The molecule has 1 aromatic carbocycles. The van der Waals surface area contributed by atoms with Crippen LogP contribution < -0.4 is 14.8 Å². The van der Waals surface area contributed by atoms with Gasteiger partial charge in [-0.05, 0) is 19.4 Å². The Balaban J connectivity index is 2.48. The van der Waals surface area contributed by atoms with Crippen LogP contribution in [-0.2, 0) is 13.0 Å². The quantitative estimate of drug-likeness (QED) is 0.815. The topological polar surface area (TPSA) is 48.3 Å². The molecule has 5 heteroatoms. The summed E-state index contributed by atoms with van der Waals surface area (Å²) >= 11 is 0. The van der Waals surface area contributed by atoms with Crippen LogP contribution in [0.25, 0.3) is 11.0 Å². The van der Waals surface area contributed by atoms with Crippen molar-refractivity contribution in [1.29, 1.82) is 0 Å². The summed E-state index contributed by atoms with van der Waals surface area (Å²) in [6, 6.07) is 3.99. The molecule has 0 unspecified atom stereocenters. The Labute approximate surface area is 132 Å². The number of likely N-dealkylation sites (N-methyl/N-ethyl adjacent to an activating group) is 1. The summed E-state index contributed by atoms with van der Waals surface area (Å²) in [7, 11) is 5.29. The van der Waals surface area contributed by atoms with Crippen molar-refractivity contribution in [3.05, 3.63) is 18.0 Å². The average Bonchev–Trinajstić information content (AvgIpc) is 2.85. The number of aromatic nitrogens is 2. The van der Waals surface area contributed by atoms with Crippen LogP contribution in [0, 0.1) is 5.92 Å². The number of nitrogens with zero attached hydrogens (tertiary/aromatic N) is 2. The van der Waals surface area contributed by atoms with E-state index < -0.39 is 0 Å². The number of fused-ring (bicyclic) bond motifs is 1. The predicted octanol–water partition coefficient (Wildman–Crippen LogP) is 2.86. The lowest BCUT2D eigenvalue weighted by Gasteiger charge is -2.12. The van der Waals surface area contributed by atoms with Gasteiger partial charge >= 0.3 is 0 Å². The number of imidazole rings is 1. The molecule has 0 spiro atoms. The van der Waals surface area contributed by atoms with Gasteiger partial charge in [-0.15, -0.1) is 0 Å². The molecule has 1 heterocycles. The molecule has 5 nitrogen and oxygen atoms in total. The minimum atomic E-state index is 0.662. The molecular weight excluding hydrogens is 278 g/mol. The van der Waals surface area contributed by atoms with Gasteiger partial charge in [-0.1, -0.05) is 13.8 Å². The normalized spacial score (nSPS) is 11.4. The molecule has 0 aliphatic heterocycles. The van der Waals surface area contributed by atoms with Gasteiger partial charge in [0.2, 0.25) is 0 Å². The van der Waals surface area contributed by atoms with Crippen molar-refractivity contribution in [2.45, 2.75) is 33.2 Å². The fraction of sp³-hybridized carbons (Fsp3) is 0.588. The summed E-state index contributed by atoms with van der Waals surface area (Å²) in [5.74, 6) is 3.25. The molecule has 0 bridgehead atoms. The van der Waals surface area contributed by atoms with E-state index in [0.717, 1.165) is 54.3 Å².